The minimum absolute atomic E-state index is 0.0569. The first-order valence-corrected chi connectivity index (χ1v) is 15.5. The molecule has 8 heteroatoms. The van der Waals surface area contributed by atoms with E-state index in [0.717, 1.165) is 83.4 Å². The third-order valence-corrected chi connectivity index (χ3v) is 9.85. The molecule has 1 aromatic heterocycles. The predicted octanol–water partition coefficient (Wildman–Crippen LogP) is 5.24. The van der Waals surface area contributed by atoms with E-state index in [-0.39, 0.29) is 23.6 Å². The average molecular weight is 528 g/mol. The van der Waals surface area contributed by atoms with Crippen molar-refractivity contribution in [3.8, 4) is 0 Å². The van der Waals surface area contributed by atoms with Crippen LogP contribution in [0, 0.1) is 12.8 Å². The highest BCUT2D eigenvalue weighted by atomic mass is 16.6. The van der Waals surface area contributed by atoms with Crippen molar-refractivity contribution >= 4 is 12.0 Å². The van der Waals surface area contributed by atoms with Crippen molar-refractivity contribution < 1.29 is 14.3 Å². The zero-order chi connectivity index (χ0) is 26.7. The van der Waals surface area contributed by atoms with Gasteiger partial charge >= 0.3 is 6.09 Å². The molecule has 8 nitrogen and oxygen atoms in total. The maximum Gasteiger partial charge on any atom is 0.410 e. The average Bonchev–Trinajstić information content (AvgIpc) is 3.44. The van der Waals surface area contributed by atoms with Crippen LogP contribution in [-0.2, 0) is 11.3 Å². The van der Waals surface area contributed by atoms with E-state index in [9.17, 15) is 9.59 Å². The Morgan fingerprint density at radius 1 is 1.05 bits per heavy atom. The number of amides is 2. The SMILES string of the molecule is CCCCC1N(CC2CCCCC2)C(=O)OC12CCN(C1CCN(C(=O)c3cc(C)nn3CC)CC1)CC2. The summed E-state index contributed by atoms with van der Waals surface area (Å²) in [6.45, 7) is 11.4. The molecule has 0 N–H and O–H groups in total. The lowest BCUT2D eigenvalue weighted by atomic mass is 9.80. The van der Waals surface area contributed by atoms with E-state index in [1.165, 1.54) is 32.1 Å². The molecule has 4 aliphatic rings. The van der Waals surface area contributed by atoms with Crippen LogP contribution >= 0.6 is 0 Å². The lowest BCUT2D eigenvalue weighted by molar-refractivity contribution is -0.0386. The number of nitrogens with zero attached hydrogens (tertiary/aromatic N) is 5. The van der Waals surface area contributed by atoms with Gasteiger partial charge in [-0.3, -0.25) is 14.4 Å². The van der Waals surface area contributed by atoms with Crippen LogP contribution in [0.1, 0.15) is 107 Å². The molecular weight excluding hydrogens is 478 g/mol. The van der Waals surface area contributed by atoms with Crippen LogP contribution in [0.25, 0.3) is 0 Å². The Kier molecular flexibility index (Phi) is 8.65. The number of likely N-dealkylation sites (tertiary alicyclic amines) is 2. The zero-order valence-corrected chi connectivity index (χ0v) is 24.0. The summed E-state index contributed by atoms with van der Waals surface area (Å²) in [5.41, 5.74) is 1.29. The Morgan fingerprint density at radius 3 is 2.42 bits per heavy atom. The molecule has 3 aliphatic heterocycles. The monoisotopic (exact) mass is 527 g/mol. The Labute approximate surface area is 229 Å². The van der Waals surface area contributed by atoms with Crippen molar-refractivity contribution in [2.24, 2.45) is 5.92 Å². The molecule has 1 aromatic rings. The maximum atomic E-state index is 13.2. The second-order valence-electron chi connectivity index (χ2n) is 12.3. The molecule has 0 bridgehead atoms. The van der Waals surface area contributed by atoms with Gasteiger partial charge in [0.1, 0.15) is 11.3 Å². The summed E-state index contributed by atoms with van der Waals surface area (Å²) in [6.07, 6.45) is 13.6. The molecule has 4 heterocycles. The summed E-state index contributed by atoms with van der Waals surface area (Å²) in [4.78, 5) is 33.1. The van der Waals surface area contributed by atoms with Gasteiger partial charge < -0.3 is 14.5 Å². The topological polar surface area (TPSA) is 70.9 Å². The van der Waals surface area contributed by atoms with E-state index in [1.807, 2.05) is 29.5 Å². The van der Waals surface area contributed by atoms with Crippen molar-refractivity contribution in [3.63, 3.8) is 0 Å². The van der Waals surface area contributed by atoms with Gasteiger partial charge in [0.05, 0.1) is 11.7 Å². The molecule has 1 atom stereocenters. The van der Waals surface area contributed by atoms with Crippen LogP contribution in [0.15, 0.2) is 6.07 Å². The van der Waals surface area contributed by atoms with Gasteiger partial charge in [0, 0.05) is 58.2 Å². The first-order valence-electron chi connectivity index (χ1n) is 15.5. The molecule has 1 saturated carbocycles. The third-order valence-electron chi connectivity index (χ3n) is 9.85. The number of carbonyl (C=O) groups is 2. The van der Waals surface area contributed by atoms with Gasteiger partial charge in [-0.05, 0) is 57.9 Å². The minimum atomic E-state index is -0.315. The fraction of sp³-hybridized carbons (Fsp3) is 0.833. The van der Waals surface area contributed by atoms with E-state index in [1.54, 1.807) is 0 Å². The fourth-order valence-corrected chi connectivity index (χ4v) is 7.64. The summed E-state index contributed by atoms with van der Waals surface area (Å²) >= 11 is 0. The molecule has 2 amide bonds. The molecule has 1 unspecified atom stereocenters. The fourth-order valence-electron chi connectivity index (χ4n) is 7.64. The molecule has 0 radical (unpaired) electrons. The minimum Gasteiger partial charge on any atom is -0.440 e. The number of piperidine rings is 2. The molecule has 1 aliphatic carbocycles. The molecule has 4 fully saturated rings. The van der Waals surface area contributed by atoms with Crippen molar-refractivity contribution in [1.82, 2.24) is 24.5 Å². The van der Waals surface area contributed by atoms with Crippen LogP contribution in [0.3, 0.4) is 0 Å². The van der Waals surface area contributed by atoms with Crippen molar-refractivity contribution in [2.45, 2.75) is 122 Å². The summed E-state index contributed by atoms with van der Waals surface area (Å²) < 4.78 is 8.13. The number of aromatic nitrogens is 2. The first-order chi connectivity index (χ1) is 18.4. The van der Waals surface area contributed by atoms with E-state index in [2.05, 4.69) is 21.8 Å². The number of ether oxygens (including phenoxy) is 1. The van der Waals surface area contributed by atoms with Crippen molar-refractivity contribution in [1.29, 1.82) is 0 Å². The van der Waals surface area contributed by atoms with E-state index in [4.69, 9.17) is 4.74 Å². The molecule has 38 heavy (non-hydrogen) atoms. The quantitative estimate of drug-likeness (QED) is 0.462. The highest BCUT2D eigenvalue weighted by Gasteiger charge is 2.55. The first kappa shape index (κ1) is 27.5. The Bertz CT molecular complexity index is 955. The Morgan fingerprint density at radius 2 is 1.76 bits per heavy atom. The third kappa shape index (κ3) is 5.61. The van der Waals surface area contributed by atoms with Crippen LogP contribution in [0.5, 0.6) is 0 Å². The number of hydrogen-bond acceptors (Lipinski definition) is 5. The number of carbonyl (C=O) groups excluding carboxylic acids is 2. The van der Waals surface area contributed by atoms with Crippen molar-refractivity contribution in [3.05, 3.63) is 17.5 Å². The largest absolute Gasteiger partial charge is 0.440 e. The maximum absolute atomic E-state index is 13.2. The smallest absolute Gasteiger partial charge is 0.410 e. The van der Waals surface area contributed by atoms with Gasteiger partial charge in [-0.2, -0.15) is 5.10 Å². The lowest BCUT2D eigenvalue weighted by Crippen LogP contribution is -2.56. The number of unbranched alkanes of at least 4 members (excludes halogenated alkanes) is 1. The van der Waals surface area contributed by atoms with Gasteiger partial charge in [-0.15, -0.1) is 0 Å². The summed E-state index contributed by atoms with van der Waals surface area (Å²) in [5, 5.41) is 4.46. The number of aryl methyl sites for hydroxylation is 2. The van der Waals surface area contributed by atoms with Gasteiger partial charge in [-0.25, -0.2) is 4.79 Å². The van der Waals surface area contributed by atoms with Crippen LogP contribution in [-0.4, -0.2) is 86.9 Å². The molecular formula is C30H49N5O3. The highest BCUT2D eigenvalue weighted by molar-refractivity contribution is 5.92. The standard InChI is InChI=1S/C30H49N5O3/c1-4-6-12-27-30(38-29(37)34(27)22-24-10-8-7-9-11-24)15-19-32(20-16-30)25-13-17-33(18-14-25)28(36)26-21-23(3)31-35(26)5-2/h21,24-25,27H,4-20,22H2,1-3H3. The second-order valence-corrected chi connectivity index (χ2v) is 12.3. The number of hydrogen-bond donors (Lipinski definition) is 0. The molecule has 3 saturated heterocycles. The Hall–Kier alpha value is -2.09. The van der Waals surface area contributed by atoms with E-state index < -0.39 is 0 Å². The van der Waals surface area contributed by atoms with Gasteiger partial charge in [-0.1, -0.05) is 39.0 Å². The van der Waals surface area contributed by atoms with Crippen LogP contribution in [0.4, 0.5) is 4.79 Å². The molecule has 1 spiro atoms. The van der Waals surface area contributed by atoms with Gasteiger partial charge in [0.25, 0.3) is 5.91 Å². The highest BCUT2D eigenvalue weighted by Crippen LogP contribution is 2.43. The summed E-state index contributed by atoms with van der Waals surface area (Å²) in [6, 6.07) is 2.64. The molecule has 5 rings (SSSR count). The normalized spacial score (nSPS) is 25.3. The van der Waals surface area contributed by atoms with Crippen LogP contribution < -0.4 is 0 Å². The van der Waals surface area contributed by atoms with Gasteiger partial charge in [0.15, 0.2) is 0 Å². The number of rotatable bonds is 8. The van der Waals surface area contributed by atoms with Crippen molar-refractivity contribution in [2.75, 3.05) is 32.7 Å². The van der Waals surface area contributed by atoms with E-state index >= 15 is 0 Å². The summed E-state index contributed by atoms with van der Waals surface area (Å²) in [5.74, 6) is 0.752. The van der Waals surface area contributed by atoms with Gasteiger partial charge in [0.2, 0.25) is 0 Å². The van der Waals surface area contributed by atoms with E-state index in [0.29, 0.717) is 24.2 Å². The predicted molar refractivity (Wildman–Crippen MR) is 148 cm³/mol. The summed E-state index contributed by atoms with van der Waals surface area (Å²) in [7, 11) is 0. The lowest BCUT2D eigenvalue weighted by Gasteiger charge is -2.46. The molecule has 212 valence electrons. The Balaban J connectivity index is 1.17. The van der Waals surface area contributed by atoms with Crippen LogP contribution in [0.2, 0.25) is 0 Å². The zero-order valence-electron chi connectivity index (χ0n) is 24.0. The molecule has 0 aromatic carbocycles. The second kappa shape index (κ2) is 12.0.